The van der Waals surface area contributed by atoms with E-state index in [-0.39, 0.29) is 0 Å². The molecule has 0 aromatic heterocycles. The van der Waals surface area contributed by atoms with Crippen molar-refractivity contribution in [1.82, 2.24) is 0 Å². The average molecular weight is 163 g/mol. The summed E-state index contributed by atoms with van der Waals surface area (Å²) in [7, 11) is 3.88. The van der Waals surface area contributed by atoms with Gasteiger partial charge in [-0.1, -0.05) is 12.1 Å². The maximum atomic E-state index is 10.7. The average Bonchev–Trinajstić information content (AvgIpc) is 2.03. The van der Waals surface area contributed by atoms with E-state index in [1.54, 1.807) is 0 Å². The Morgan fingerprint density at radius 3 is 2.42 bits per heavy atom. The Hall–Kier alpha value is -1.31. The molecule has 0 heterocycles. The minimum Gasteiger partial charge on any atom is -0.377 e. The van der Waals surface area contributed by atoms with Crippen molar-refractivity contribution in [1.29, 1.82) is 0 Å². The number of hydrogen-bond acceptors (Lipinski definition) is 2. The van der Waals surface area contributed by atoms with Crippen LogP contribution < -0.4 is 4.90 Å². The molecule has 0 aliphatic heterocycles. The van der Waals surface area contributed by atoms with Crippen molar-refractivity contribution in [2.75, 3.05) is 19.0 Å². The van der Waals surface area contributed by atoms with Crippen molar-refractivity contribution in [3.05, 3.63) is 29.3 Å². The minimum absolute atomic E-state index is 0.750. The molecule has 12 heavy (non-hydrogen) atoms. The first-order valence-electron chi connectivity index (χ1n) is 3.89. The van der Waals surface area contributed by atoms with Crippen LogP contribution in [-0.4, -0.2) is 20.4 Å². The fourth-order valence-electron chi connectivity index (χ4n) is 1.39. The molecule has 2 nitrogen and oxygen atoms in total. The van der Waals surface area contributed by atoms with Crippen molar-refractivity contribution < 1.29 is 4.79 Å². The number of carbonyl (C=O) groups is 1. The van der Waals surface area contributed by atoms with Crippen LogP contribution in [0, 0.1) is 6.92 Å². The highest BCUT2D eigenvalue weighted by Gasteiger charge is 2.05. The van der Waals surface area contributed by atoms with Gasteiger partial charge in [-0.05, 0) is 18.6 Å². The predicted octanol–water partition coefficient (Wildman–Crippen LogP) is 1.87. The zero-order valence-electron chi connectivity index (χ0n) is 7.66. The molecule has 0 bridgehead atoms. The van der Waals surface area contributed by atoms with Gasteiger partial charge in [-0.15, -0.1) is 0 Å². The Bertz CT molecular complexity index is 292. The number of benzene rings is 1. The van der Waals surface area contributed by atoms with E-state index in [0.29, 0.717) is 0 Å². The van der Waals surface area contributed by atoms with Crippen LogP contribution in [0.5, 0.6) is 0 Å². The number of carbonyl (C=O) groups excluding carboxylic acids is 1. The summed E-state index contributed by atoms with van der Waals surface area (Å²) in [6.45, 7) is 2.00. The number of rotatable bonds is 2. The van der Waals surface area contributed by atoms with E-state index in [1.807, 2.05) is 44.1 Å². The van der Waals surface area contributed by atoms with Crippen molar-refractivity contribution in [3.8, 4) is 0 Å². The molecule has 0 N–H and O–H groups in total. The number of aryl methyl sites for hydroxylation is 1. The summed E-state index contributed by atoms with van der Waals surface area (Å²) < 4.78 is 0. The summed E-state index contributed by atoms with van der Waals surface area (Å²) in [5.41, 5.74) is 2.89. The molecule has 0 fully saturated rings. The van der Waals surface area contributed by atoms with Crippen molar-refractivity contribution >= 4 is 12.0 Å². The summed E-state index contributed by atoms with van der Waals surface area (Å²) in [5.74, 6) is 0. The van der Waals surface area contributed by atoms with E-state index in [4.69, 9.17) is 0 Å². The quantitative estimate of drug-likeness (QED) is 0.620. The molecule has 0 aliphatic carbocycles. The standard InChI is InChI=1S/C10H13NO/c1-8-5-4-6-9(7-12)10(8)11(2)3/h4-7H,1-3H3. The maximum absolute atomic E-state index is 10.7. The molecular formula is C10H13NO. The minimum atomic E-state index is 0.750. The Kier molecular flexibility index (Phi) is 2.48. The van der Waals surface area contributed by atoms with E-state index in [1.165, 1.54) is 0 Å². The molecule has 0 aliphatic rings. The van der Waals surface area contributed by atoms with Crippen LogP contribution in [-0.2, 0) is 0 Å². The third kappa shape index (κ3) is 1.47. The van der Waals surface area contributed by atoms with Crippen molar-refractivity contribution in [2.45, 2.75) is 6.92 Å². The molecule has 1 aromatic carbocycles. The molecule has 1 rings (SSSR count). The third-order valence-corrected chi connectivity index (χ3v) is 1.84. The topological polar surface area (TPSA) is 20.3 Å². The first-order valence-corrected chi connectivity index (χ1v) is 3.89. The lowest BCUT2D eigenvalue weighted by atomic mass is 10.1. The van der Waals surface area contributed by atoms with E-state index in [0.717, 1.165) is 23.1 Å². The van der Waals surface area contributed by atoms with Gasteiger partial charge in [-0.25, -0.2) is 0 Å². The van der Waals surface area contributed by atoms with E-state index < -0.39 is 0 Å². The highest BCUT2D eigenvalue weighted by molar-refractivity contribution is 5.85. The van der Waals surface area contributed by atoms with Crippen LogP contribution in [0.4, 0.5) is 5.69 Å². The molecule has 0 saturated carbocycles. The Balaban J connectivity index is 3.29. The SMILES string of the molecule is Cc1cccc(C=O)c1N(C)C. The fraction of sp³-hybridized carbons (Fsp3) is 0.300. The first kappa shape index (κ1) is 8.78. The summed E-state index contributed by atoms with van der Waals surface area (Å²) in [6.07, 6.45) is 0.891. The normalized spacial score (nSPS) is 9.58. The molecule has 64 valence electrons. The summed E-state index contributed by atoms with van der Waals surface area (Å²) >= 11 is 0. The van der Waals surface area contributed by atoms with Crippen LogP contribution in [0.3, 0.4) is 0 Å². The molecule has 0 unspecified atom stereocenters. The van der Waals surface area contributed by atoms with Gasteiger partial charge in [0, 0.05) is 25.3 Å². The van der Waals surface area contributed by atoms with E-state index >= 15 is 0 Å². The van der Waals surface area contributed by atoms with Gasteiger partial charge in [0.2, 0.25) is 0 Å². The second kappa shape index (κ2) is 3.39. The monoisotopic (exact) mass is 163 g/mol. The first-order chi connectivity index (χ1) is 5.66. The Morgan fingerprint density at radius 2 is 2.00 bits per heavy atom. The van der Waals surface area contributed by atoms with Gasteiger partial charge in [0.25, 0.3) is 0 Å². The third-order valence-electron chi connectivity index (χ3n) is 1.84. The van der Waals surface area contributed by atoms with E-state index in [9.17, 15) is 4.79 Å². The zero-order valence-corrected chi connectivity index (χ0v) is 7.66. The lowest BCUT2D eigenvalue weighted by Gasteiger charge is -2.17. The van der Waals surface area contributed by atoms with Gasteiger partial charge in [0.1, 0.15) is 0 Å². The van der Waals surface area contributed by atoms with E-state index in [2.05, 4.69) is 0 Å². The molecule has 1 aromatic rings. The summed E-state index contributed by atoms with van der Waals surface area (Å²) in [4.78, 5) is 12.6. The Labute approximate surface area is 72.8 Å². The van der Waals surface area contributed by atoms with Gasteiger partial charge in [0.15, 0.2) is 6.29 Å². The number of anilines is 1. The molecule has 0 saturated heterocycles. The predicted molar refractivity (Wildman–Crippen MR) is 50.9 cm³/mol. The Morgan fingerprint density at radius 1 is 1.33 bits per heavy atom. The largest absolute Gasteiger partial charge is 0.377 e. The second-order valence-corrected chi connectivity index (χ2v) is 3.03. The van der Waals surface area contributed by atoms with Crippen LogP contribution in [0.2, 0.25) is 0 Å². The van der Waals surface area contributed by atoms with Crippen molar-refractivity contribution in [3.63, 3.8) is 0 Å². The van der Waals surface area contributed by atoms with Crippen molar-refractivity contribution in [2.24, 2.45) is 0 Å². The lowest BCUT2D eigenvalue weighted by Crippen LogP contribution is -2.12. The summed E-state index contributed by atoms with van der Waals surface area (Å²) in [6, 6.07) is 5.73. The lowest BCUT2D eigenvalue weighted by molar-refractivity contribution is 0.112. The molecule has 0 atom stereocenters. The molecular weight excluding hydrogens is 150 g/mol. The van der Waals surface area contributed by atoms with Gasteiger partial charge in [0.05, 0.1) is 0 Å². The smallest absolute Gasteiger partial charge is 0.152 e. The number of aldehydes is 1. The van der Waals surface area contributed by atoms with Gasteiger partial charge in [-0.3, -0.25) is 4.79 Å². The second-order valence-electron chi connectivity index (χ2n) is 3.03. The maximum Gasteiger partial charge on any atom is 0.152 e. The van der Waals surface area contributed by atoms with Gasteiger partial charge < -0.3 is 4.90 Å². The molecule has 0 spiro atoms. The highest BCUT2D eigenvalue weighted by Crippen LogP contribution is 2.21. The number of nitrogens with zero attached hydrogens (tertiary/aromatic N) is 1. The highest BCUT2D eigenvalue weighted by atomic mass is 16.1. The van der Waals surface area contributed by atoms with Crippen LogP contribution >= 0.6 is 0 Å². The van der Waals surface area contributed by atoms with Crippen LogP contribution in [0.15, 0.2) is 18.2 Å². The molecule has 0 amide bonds. The van der Waals surface area contributed by atoms with Crippen LogP contribution in [0.1, 0.15) is 15.9 Å². The number of hydrogen-bond donors (Lipinski definition) is 0. The zero-order chi connectivity index (χ0) is 9.14. The van der Waals surface area contributed by atoms with Gasteiger partial charge in [-0.2, -0.15) is 0 Å². The van der Waals surface area contributed by atoms with Gasteiger partial charge >= 0.3 is 0 Å². The van der Waals surface area contributed by atoms with Crippen LogP contribution in [0.25, 0.3) is 0 Å². The fourth-order valence-corrected chi connectivity index (χ4v) is 1.39. The number of para-hydroxylation sites is 1. The summed E-state index contributed by atoms with van der Waals surface area (Å²) in [5, 5.41) is 0. The molecule has 0 radical (unpaired) electrons. The molecule has 2 heteroatoms.